The number of hydrogen-bond donors (Lipinski definition) is 1. The van der Waals surface area contributed by atoms with E-state index >= 15 is 0 Å². The van der Waals surface area contributed by atoms with Gasteiger partial charge in [0.05, 0.1) is 0 Å². The van der Waals surface area contributed by atoms with Gasteiger partial charge in [-0.25, -0.2) is 0 Å². The van der Waals surface area contributed by atoms with E-state index in [1.54, 1.807) is 6.20 Å². The average Bonchev–Trinajstić information content (AvgIpc) is 2.41. The Morgan fingerprint density at radius 2 is 2.11 bits per heavy atom. The molecule has 18 heavy (non-hydrogen) atoms. The third-order valence-corrected chi connectivity index (χ3v) is 3.61. The van der Waals surface area contributed by atoms with E-state index in [2.05, 4.69) is 29.4 Å². The van der Waals surface area contributed by atoms with Gasteiger partial charge in [0.2, 0.25) is 0 Å². The maximum Gasteiger partial charge on any atom is 0.0438 e. The van der Waals surface area contributed by atoms with Crippen molar-refractivity contribution in [1.29, 1.82) is 0 Å². The van der Waals surface area contributed by atoms with Crippen molar-refractivity contribution >= 4 is 11.6 Å². The van der Waals surface area contributed by atoms with Crippen molar-refractivity contribution in [2.45, 2.75) is 19.4 Å². The predicted octanol–water partition coefficient (Wildman–Crippen LogP) is 3.55. The summed E-state index contributed by atoms with van der Waals surface area (Å²) in [5.41, 5.74) is 3.60. The number of nitrogens with zero attached hydrogens (tertiary/aromatic N) is 1. The fourth-order valence-corrected chi connectivity index (χ4v) is 2.31. The molecule has 0 aliphatic rings. The number of pyridine rings is 1. The van der Waals surface area contributed by atoms with Crippen LogP contribution in [-0.4, -0.2) is 12.0 Å². The van der Waals surface area contributed by atoms with Gasteiger partial charge in [0.1, 0.15) is 0 Å². The van der Waals surface area contributed by atoms with Crippen LogP contribution in [0.25, 0.3) is 0 Å². The van der Waals surface area contributed by atoms with Gasteiger partial charge >= 0.3 is 0 Å². The molecule has 2 nitrogen and oxygen atoms in total. The highest BCUT2D eigenvalue weighted by Gasteiger charge is 2.13. The number of benzene rings is 1. The number of nitrogens with one attached hydrogen (secondary N) is 1. The first-order valence-electron chi connectivity index (χ1n) is 6.03. The molecule has 1 N–H and O–H groups in total. The molecule has 1 atom stereocenters. The third kappa shape index (κ3) is 2.89. The van der Waals surface area contributed by atoms with Crippen LogP contribution >= 0.6 is 11.6 Å². The van der Waals surface area contributed by atoms with E-state index in [-0.39, 0.29) is 6.04 Å². The maximum atomic E-state index is 6.18. The molecule has 0 radical (unpaired) electrons. The molecular formula is C15H17ClN2. The van der Waals surface area contributed by atoms with Gasteiger partial charge in [0.25, 0.3) is 0 Å². The molecule has 1 aromatic carbocycles. The summed E-state index contributed by atoms with van der Waals surface area (Å²) in [4.78, 5) is 4.15. The summed E-state index contributed by atoms with van der Waals surface area (Å²) in [7, 11) is 1.97. The fourth-order valence-electron chi connectivity index (χ4n) is 2.12. The lowest BCUT2D eigenvalue weighted by molar-refractivity contribution is 0.588. The van der Waals surface area contributed by atoms with Crippen LogP contribution in [0.2, 0.25) is 5.02 Å². The van der Waals surface area contributed by atoms with Gasteiger partial charge in [-0.3, -0.25) is 4.98 Å². The first kappa shape index (κ1) is 13.1. The van der Waals surface area contributed by atoms with Crippen molar-refractivity contribution in [3.05, 3.63) is 64.4 Å². The lowest BCUT2D eigenvalue weighted by Gasteiger charge is -2.19. The molecule has 0 aliphatic carbocycles. The summed E-state index contributed by atoms with van der Waals surface area (Å²) in [5, 5.41) is 4.17. The molecule has 0 saturated heterocycles. The number of aromatic nitrogens is 1. The molecule has 2 aromatic rings. The zero-order valence-electron chi connectivity index (χ0n) is 10.7. The van der Waals surface area contributed by atoms with Crippen LogP contribution in [0.1, 0.15) is 22.7 Å². The molecule has 0 bridgehead atoms. The first-order chi connectivity index (χ1) is 8.72. The predicted molar refractivity (Wildman–Crippen MR) is 75.9 cm³/mol. The molecule has 2 rings (SSSR count). The van der Waals surface area contributed by atoms with Crippen LogP contribution in [0.4, 0.5) is 0 Å². The number of halogens is 1. The van der Waals surface area contributed by atoms with Crippen molar-refractivity contribution in [2.24, 2.45) is 0 Å². The standard InChI is InChI=1S/C15H17ClN2/c1-11-13(6-3-7-14(11)16)15(17-2)9-12-5-4-8-18-10-12/h3-8,10,15,17H,9H2,1-2H3. The summed E-state index contributed by atoms with van der Waals surface area (Å²) in [6.07, 6.45) is 4.61. The Morgan fingerprint density at radius 1 is 1.28 bits per heavy atom. The molecule has 1 unspecified atom stereocenters. The highest BCUT2D eigenvalue weighted by molar-refractivity contribution is 6.31. The van der Waals surface area contributed by atoms with E-state index < -0.39 is 0 Å². The molecule has 1 heterocycles. The Kier molecular flexibility index (Phi) is 4.34. The highest BCUT2D eigenvalue weighted by atomic mass is 35.5. The van der Waals surface area contributed by atoms with E-state index in [0.717, 1.165) is 17.0 Å². The average molecular weight is 261 g/mol. The second kappa shape index (κ2) is 5.98. The largest absolute Gasteiger partial charge is 0.313 e. The smallest absolute Gasteiger partial charge is 0.0438 e. The molecule has 0 amide bonds. The van der Waals surface area contributed by atoms with Crippen LogP contribution < -0.4 is 5.32 Å². The van der Waals surface area contributed by atoms with Gasteiger partial charge in [-0.2, -0.15) is 0 Å². The van der Waals surface area contributed by atoms with Gasteiger partial charge in [0, 0.05) is 23.5 Å². The number of likely N-dealkylation sites (N-methyl/N-ethyl adjacent to an activating group) is 1. The minimum atomic E-state index is 0.257. The van der Waals surface area contributed by atoms with Gasteiger partial charge in [-0.15, -0.1) is 0 Å². The van der Waals surface area contributed by atoms with Crippen LogP contribution in [0.5, 0.6) is 0 Å². The topological polar surface area (TPSA) is 24.9 Å². The summed E-state index contributed by atoms with van der Waals surface area (Å²) >= 11 is 6.18. The van der Waals surface area contributed by atoms with Crippen LogP contribution in [0.3, 0.4) is 0 Å². The normalized spacial score (nSPS) is 12.4. The van der Waals surface area contributed by atoms with E-state index in [9.17, 15) is 0 Å². The molecule has 0 spiro atoms. The van der Waals surface area contributed by atoms with Crippen molar-refractivity contribution in [2.75, 3.05) is 7.05 Å². The molecule has 0 saturated carbocycles. The second-order valence-electron chi connectivity index (χ2n) is 4.36. The lowest BCUT2D eigenvalue weighted by Crippen LogP contribution is -2.20. The van der Waals surface area contributed by atoms with Crippen molar-refractivity contribution in [3.63, 3.8) is 0 Å². The third-order valence-electron chi connectivity index (χ3n) is 3.20. The van der Waals surface area contributed by atoms with E-state index in [1.165, 1.54) is 11.1 Å². The SMILES string of the molecule is CNC(Cc1cccnc1)c1cccc(Cl)c1C. The van der Waals surface area contributed by atoms with Gasteiger partial charge in [-0.05, 0) is 49.2 Å². The monoisotopic (exact) mass is 260 g/mol. The Hall–Kier alpha value is -1.38. The Balaban J connectivity index is 2.26. The zero-order valence-corrected chi connectivity index (χ0v) is 11.4. The highest BCUT2D eigenvalue weighted by Crippen LogP contribution is 2.26. The quantitative estimate of drug-likeness (QED) is 0.910. The first-order valence-corrected chi connectivity index (χ1v) is 6.41. The Labute approximate surface area is 113 Å². The zero-order chi connectivity index (χ0) is 13.0. The summed E-state index contributed by atoms with van der Waals surface area (Å²) in [6, 6.07) is 10.4. The van der Waals surface area contributed by atoms with Crippen LogP contribution in [0, 0.1) is 6.92 Å². The van der Waals surface area contributed by atoms with Gasteiger partial charge < -0.3 is 5.32 Å². The van der Waals surface area contributed by atoms with Crippen molar-refractivity contribution in [1.82, 2.24) is 10.3 Å². The van der Waals surface area contributed by atoms with E-state index in [1.807, 2.05) is 31.4 Å². The summed E-state index contributed by atoms with van der Waals surface area (Å²) < 4.78 is 0. The van der Waals surface area contributed by atoms with E-state index in [0.29, 0.717) is 0 Å². The van der Waals surface area contributed by atoms with Gasteiger partial charge in [0.15, 0.2) is 0 Å². The number of hydrogen-bond acceptors (Lipinski definition) is 2. The summed E-state index contributed by atoms with van der Waals surface area (Å²) in [5.74, 6) is 0. The Morgan fingerprint density at radius 3 is 2.78 bits per heavy atom. The fraction of sp³-hybridized carbons (Fsp3) is 0.267. The van der Waals surface area contributed by atoms with Gasteiger partial charge in [-0.1, -0.05) is 29.8 Å². The number of rotatable bonds is 4. The lowest BCUT2D eigenvalue weighted by atomic mass is 9.96. The minimum Gasteiger partial charge on any atom is -0.313 e. The second-order valence-corrected chi connectivity index (χ2v) is 4.77. The van der Waals surface area contributed by atoms with Crippen molar-refractivity contribution < 1.29 is 0 Å². The summed E-state index contributed by atoms with van der Waals surface area (Å²) in [6.45, 7) is 2.06. The Bertz CT molecular complexity index is 511. The molecule has 0 fully saturated rings. The molecular weight excluding hydrogens is 244 g/mol. The molecule has 3 heteroatoms. The van der Waals surface area contributed by atoms with Crippen molar-refractivity contribution in [3.8, 4) is 0 Å². The maximum absolute atomic E-state index is 6.18. The molecule has 94 valence electrons. The van der Waals surface area contributed by atoms with Crippen LogP contribution in [0.15, 0.2) is 42.7 Å². The minimum absolute atomic E-state index is 0.257. The van der Waals surface area contributed by atoms with E-state index in [4.69, 9.17) is 11.6 Å². The molecule has 0 aliphatic heterocycles. The van der Waals surface area contributed by atoms with Crippen LogP contribution in [-0.2, 0) is 6.42 Å². The molecule has 1 aromatic heterocycles.